The van der Waals surface area contributed by atoms with Crippen LogP contribution in [-0.4, -0.2) is 51.1 Å². The lowest BCUT2D eigenvalue weighted by molar-refractivity contribution is -0.387. The van der Waals surface area contributed by atoms with Crippen molar-refractivity contribution in [3.63, 3.8) is 0 Å². The van der Waals surface area contributed by atoms with Crippen LogP contribution < -0.4 is 10.6 Å². The number of nitrogens with zero attached hydrogens (tertiary/aromatic N) is 4. The summed E-state index contributed by atoms with van der Waals surface area (Å²) in [5, 5.41) is 24.6. The first-order chi connectivity index (χ1) is 15.8. The third-order valence-corrected chi connectivity index (χ3v) is 5.41. The van der Waals surface area contributed by atoms with Crippen molar-refractivity contribution in [3.05, 3.63) is 70.0 Å². The lowest BCUT2D eigenvalue weighted by Gasteiger charge is -2.09. The van der Waals surface area contributed by atoms with Gasteiger partial charge in [-0.15, -0.1) is 10.2 Å². The number of nitro benzene ring substituents is 1. The summed E-state index contributed by atoms with van der Waals surface area (Å²) < 4.78 is 6.08. The Morgan fingerprint density at radius 3 is 2.58 bits per heavy atom. The summed E-state index contributed by atoms with van der Waals surface area (Å²) in [4.78, 5) is 47.3. The minimum absolute atomic E-state index is 0.0598. The van der Waals surface area contributed by atoms with E-state index >= 15 is 0 Å². The number of aromatic nitrogens is 3. The molecule has 0 unspecified atom stereocenters. The van der Waals surface area contributed by atoms with Gasteiger partial charge in [-0.1, -0.05) is 6.07 Å². The van der Waals surface area contributed by atoms with Crippen molar-refractivity contribution in [3.8, 4) is 0 Å². The Morgan fingerprint density at radius 2 is 1.91 bits per heavy atom. The zero-order chi connectivity index (χ0) is 24.0. The van der Waals surface area contributed by atoms with Gasteiger partial charge in [-0.3, -0.25) is 24.5 Å². The molecule has 0 aliphatic rings. The molecule has 170 valence electrons. The van der Waals surface area contributed by atoms with E-state index in [1.807, 2.05) is 0 Å². The number of anilines is 1. The second kappa shape index (κ2) is 10.4. The van der Waals surface area contributed by atoms with Gasteiger partial charge in [0.15, 0.2) is 5.16 Å². The molecule has 0 bridgehead atoms. The van der Waals surface area contributed by atoms with Gasteiger partial charge in [0.2, 0.25) is 0 Å². The quantitative estimate of drug-likeness (QED) is 0.285. The SMILES string of the molecule is COC(=O)CNC(=O)c1cccc(NC(=O)c2ccc(Sc3nncn3C)c([N+](=O)[O-])c2)c1. The summed E-state index contributed by atoms with van der Waals surface area (Å²) in [5.74, 6) is -1.73. The standard InChI is InChI=1S/C20H18N6O6S/c1-25-11-22-24-20(25)33-16-7-6-13(9-15(16)26(30)31)19(29)23-14-5-3-4-12(8-14)18(28)21-10-17(27)32-2/h3-9,11H,10H2,1-2H3,(H,21,28)(H,23,29). The summed E-state index contributed by atoms with van der Waals surface area (Å²) in [7, 11) is 2.91. The predicted molar refractivity (Wildman–Crippen MR) is 117 cm³/mol. The normalized spacial score (nSPS) is 10.4. The highest BCUT2D eigenvalue weighted by Crippen LogP contribution is 2.34. The lowest BCUT2D eigenvalue weighted by Crippen LogP contribution is -2.30. The number of hydrogen-bond acceptors (Lipinski definition) is 9. The van der Waals surface area contributed by atoms with Gasteiger partial charge < -0.3 is 19.9 Å². The number of carbonyl (C=O) groups excluding carboxylic acids is 3. The topological polar surface area (TPSA) is 158 Å². The maximum Gasteiger partial charge on any atom is 0.325 e. The Bertz CT molecular complexity index is 1230. The number of hydrogen-bond donors (Lipinski definition) is 2. The molecule has 0 aliphatic carbocycles. The number of benzene rings is 2. The number of amides is 2. The van der Waals surface area contributed by atoms with Crippen LogP contribution in [-0.2, 0) is 16.6 Å². The van der Waals surface area contributed by atoms with Crippen molar-refractivity contribution < 1.29 is 24.0 Å². The Morgan fingerprint density at radius 1 is 1.15 bits per heavy atom. The molecule has 0 aliphatic heterocycles. The number of ether oxygens (including phenoxy) is 1. The maximum atomic E-state index is 12.7. The predicted octanol–water partition coefficient (Wildman–Crippen LogP) is 2.03. The van der Waals surface area contributed by atoms with Gasteiger partial charge >= 0.3 is 5.97 Å². The minimum atomic E-state index is -0.602. The highest BCUT2D eigenvalue weighted by Gasteiger charge is 2.20. The molecule has 0 radical (unpaired) electrons. The fraction of sp³-hybridized carbons (Fsp3) is 0.150. The van der Waals surface area contributed by atoms with Crippen LogP contribution in [0.25, 0.3) is 0 Å². The fourth-order valence-corrected chi connectivity index (χ4v) is 3.47. The summed E-state index contributed by atoms with van der Waals surface area (Å²) >= 11 is 1.05. The van der Waals surface area contributed by atoms with Gasteiger partial charge in [0.05, 0.1) is 16.9 Å². The van der Waals surface area contributed by atoms with Crippen LogP contribution in [0.3, 0.4) is 0 Å². The second-order valence-corrected chi connectivity index (χ2v) is 7.57. The van der Waals surface area contributed by atoms with Crippen molar-refractivity contribution in [1.29, 1.82) is 0 Å². The Balaban J connectivity index is 1.75. The van der Waals surface area contributed by atoms with Gasteiger partial charge in [0.1, 0.15) is 12.9 Å². The Kier molecular flexibility index (Phi) is 7.35. The molecule has 0 fully saturated rings. The number of nitro groups is 1. The van der Waals surface area contributed by atoms with Crippen LogP contribution in [0.2, 0.25) is 0 Å². The monoisotopic (exact) mass is 470 g/mol. The average Bonchev–Trinajstić information content (AvgIpc) is 3.21. The first-order valence-corrected chi connectivity index (χ1v) is 10.2. The molecular formula is C20H18N6O6S. The number of rotatable bonds is 8. The molecule has 0 atom stereocenters. The van der Waals surface area contributed by atoms with Crippen molar-refractivity contribution in [2.24, 2.45) is 7.05 Å². The Hall–Kier alpha value is -4.26. The molecule has 2 aromatic carbocycles. The number of aryl methyl sites for hydroxylation is 1. The largest absolute Gasteiger partial charge is 0.468 e. The van der Waals surface area contributed by atoms with Crippen molar-refractivity contribution >= 4 is 40.9 Å². The molecule has 0 spiro atoms. The van der Waals surface area contributed by atoms with Crippen molar-refractivity contribution in [2.75, 3.05) is 19.0 Å². The van der Waals surface area contributed by atoms with Gasteiger partial charge in [0.25, 0.3) is 17.5 Å². The smallest absolute Gasteiger partial charge is 0.325 e. The van der Waals surface area contributed by atoms with E-state index in [4.69, 9.17) is 0 Å². The molecule has 33 heavy (non-hydrogen) atoms. The highest BCUT2D eigenvalue weighted by atomic mass is 32.2. The molecule has 12 nitrogen and oxygen atoms in total. The Labute approximate surface area is 191 Å². The van der Waals surface area contributed by atoms with Gasteiger partial charge in [-0.25, -0.2) is 0 Å². The zero-order valence-corrected chi connectivity index (χ0v) is 18.3. The summed E-state index contributed by atoms with van der Waals surface area (Å²) in [5.41, 5.74) is 0.306. The summed E-state index contributed by atoms with van der Waals surface area (Å²) in [6.45, 7) is -0.297. The van der Waals surface area contributed by atoms with E-state index in [1.54, 1.807) is 23.7 Å². The number of esters is 1. The molecule has 0 saturated carbocycles. The van der Waals surface area contributed by atoms with Crippen molar-refractivity contribution in [2.45, 2.75) is 10.1 Å². The zero-order valence-electron chi connectivity index (χ0n) is 17.5. The highest BCUT2D eigenvalue weighted by molar-refractivity contribution is 7.99. The third-order valence-electron chi connectivity index (χ3n) is 4.29. The van der Waals surface area contributed by atoms with Crippen LogP contribution in [0.15, 0.2) is 58.8 Å². The number of methoxy groups -OCH3 is 1. The molecule has 3 aromatic rings. The van der Waals surface area contributed by atoms with Crippen LogP contribution in [0.5, 0.6) is 0 Å². The molecule has 2 amide bonds. The van der Waals surface area contributed by atoms with Crippen LogP contribution in [0, 0.1) is 10.1 Å². The van der Waals surface area contributed by atoms with E-state index in [-0.39, 0.29) is 23.4 Å². The molecule has 0 saturated heterocycles. The fourth-order valence-electron chi connectivity index (χ4n) is 2.62. The van der Waals surface area contributed by atoms with Gasteiger partial charge in [-0.05, 0) is 42.1 Å². The van der Waals surface area contributed by atoms with E-state index in [0.717, 1.165) is 11.8 Å². The first kappa shape index (κ1) is 23.4. The van der Waals surface area contributed by atoms with Crippen LogP contribution in [0.1, 0.15) is 20.7 Å². The van der Waals surface area contributed by atoms with Crippen molar-refractivity contribution in [1.82, 2.24) is 20.1 Å². The number of nitrogens with one attached hydrogen (secondary N) is 2. The molecule has 13 heteroatoms. The van der Waals surface area contributed by atoms with Crippen LogP contribution >= 0.6 is 11.8 Å². The maximum absolute atomic E-state index is 12.7. The van der Waals surface area contributed by atoms with E-state index < -0.39 is 22.7 Å². The minimum Gasteiger partial charge on any atom is -0.468 e. The summed E-state index contributed by atoms with van der Waals surface area (Å²) in [6.07, 6.45) is 1.47. The molecule has 1 heterocycles. The lowest BCUT2D eigenvalue weighted by atomic mass is 10.1. The third kappa shape index (κ3) is 5.92. The van der Waals surface area contributed by atoms with E-state index in [2.05, 4.69) is 25.6 Å². The van der Waals surface area contributed by atoms with E-state index in [9.17, 15) is 24.5 Å². The van der Waals surface area contributed by atoms with Crippen LogP contribution in [0.4, 0.5) is 11.4 Å². The van der Waals surface area contributed by atoms with Gasteiger partial charge in [-0.2, -0.15) is 0 Å². The van der Waals surface area contributed by atoms with Gasteiger partial charge in [0, 0.05) is 29.9 Å². The van der Waals surface area contributed by atoms with E-state index in [0.29, 0.717) is 15.7 Å². The second-order valence-electron chi connectivity index (χ2n) is 6.56. The average molecular weight is 470 g/mol. The molecule has 1 aromatic heterocycles. The number of carbonyl (C=O) groups is 3. The molecular weight excluding hydrogens is 452 g/mol. The molecule has 3 rings (SSSR count). The summed E-state index contributed by atoms with van der Waals surface area (Å²) in [6, 6.07) is 10.1. The molecule has 2 N–H and O–H groups in total. The first-order valence-electron chi connectivity index (χ1n) is 9.35. The van der Waals surface area contributed by atoms with E-state index in [1.165, 1.54) is 43.8 Å².